The molecule has 1 saturated carbocycles. The van der Waals surface area contributed by atoms with E-state index in [2.05, 4.69) is 14.9 Å². The average molecular weight is 404 g/mol. The van der Waals surface area contributed by atoms with Crippen LogP contribution in [0.3, 0.4) is 0 Å². The predicted octanol–water partition coefficient (Wildman–Crippen LogP) is 4.79. The van der Waals surface area contributed by atoms with Crippen LogP contribution in [0.15, 0.2) is 32.3 Å². The summed E-state index contributed by atoms with van der Waals surface area (Å²) in [6.07, 6.45) is 3.33. The molecular formula is C19H21N3O3S2. The van der Waals surface area contributed by atoms with Crippen molar-refractivity contribution >= 4 is 27.0 Å². The first-order valence-electron chi connectivity index (χ1n) is 8.86. The van der Waals surface area contributed by atoms with Gasteiger partial charge in [-0.15, -0.1) is 11.3 Å². The Balaban J connectivity index is 1.59. The van der Waals surface area contributed by atoms with Crippen LogP contribution in [-0.4, -0.2) is 18.6 Å². The van der Waals surface area contributed by atoms with Gasteiger partial charge in [0.25, 0.3) is 10.0 Å². The second kappa shape index (κ2) is 6.76. The molecule has 0 aliphatic heterocycles. The molecule has 8 heteroatoms. The highest BCUT2D eigenvalue weighted by Gasteiger charge is 2.26. The Morgan fingerprint density at radius 2 is 1.85 bits per heavy atom. The zero-order valence-corrected chi connectivity index (χ0v) is 17.1. The number of benzene rings is 1. The fourth-order valence-corrected chi connectivity index (χ4v) is 5.63. The highest BCUT2D eigenvalue weighted by Crippen LogP contribution is 2.37. The zero-order chi connectivity index (χ0) is 19.2. The molecule has 0 radical (unpaired) electrons. The van der Waals surface area contributed by atoms with E-state index in [0.29, 0.717) is 28.9 Å². The van der Waals surface area contributed by atoms with E-state index in [0.717, 1.165) is 40.9 Å². The van der Waals surface area contributed by atoms with Gasteiger partial charge in [0.1, 0.15) is 4.21 Å². The number of sulfonamides is 1. The van der Waals surface area contributed by atoms with E-state index in [1.807, 2.05) is 32.9 Å². The number of hydrogen-bond acceptors (Lipinski definition) is 6. The molecule has 0 saturated heterocycles. The van der Waals surface area contributed by atoms with Crippen molar-refractivity contribution < 1.29 is 12.9 Å². The maximum atomic E-state index is 12.8. The Morgan fingerprint density at radius 3 is 2.48 bits per heavy atom. The van der Waals surface area contributed by atoms with Crippen LogP contribution in [0.25, 0.3) is 11.4 Å². The molecule has 2 aromatic heterocycles. The molecule has 1 aliphatic carbocycles. The first-order chi connectivity index (χ1) is 12.8. The van der Waals surface area contributed by atoms with E-state index in [1.165, 1.54) is 6.42 Å². The van der Waals surface area contributed by atoms with Crippen molar-refractivity contribution in [2.45, 2.75) is 50.2 Å². The third-order valence-corrected chi connectivity index (χ3v) is 7.70. The van der Waals surface area contributed by atoms with Crippen molar-refractivity contribution in [3.63, 3.8) is 0 Å². The first kappa shape index (κ1) is 18.2. The molecule has 3 aromatic rings. The number of aromatic nitrogens is 2. The monoisotopic (exact) mass is 403 g/mol. The van der Waals surface area contributed by atoms with Gasteiger partial charge in [-0.05, 0) is 50.8 Å². The molecule has 0 spiro atoms. The van der Waals surface area contributed by atoms with Gasteiger partial charge in [-0.25, -0.2) is 8.42 Å². The molecule has 142 valence electrons. The zero-order valence-electron chi connectivity index (χ0n) is 15.4. The number of aryl methyl sites for hydroxylation is 3. The van der Waals surface area contributed by atoms with Gasteiger partial charge >= 0.3 is 0 Å². The van der Waals surface area contributed by atoms with E-state index < -0.39 is 10.0 Å². The van der Waals surface area contributed by atoms with Crippen LogP contribution in [-0.2, 0) is 10.0 Å². The van der Waals surface area contributed by atoms with E-state index in [9.17, 15) is 8.42 Å². The van der Waals surface area contributed by atoms with Crippen LogP contribution in [0, 0.1) is 20.8 Å². The molecule has 27 heavy (non-hydrogen) atoms. The van der Waals surface area contributed by atoms with Crippen molar-refractivity contribution in [3.8, 4) is 11.4 Å². The third-order valence-electron chi connectivity index (χ3n) is 4.91. The lowest BCUT2D eigenvalue weighted by atomic mass is 9.85. The van der Waals surface area contributed by atoms with E-state index in [4.69, 9.17) is 4.52 Å². The third kappa shape index (κ3) is 3.51. The molecule has 0 bridgehead atoms. The van der Waals surface area contributed by atoms with Crippen LogP contribution in [0.2, 0.25) is 0 Å². The van der Waals surface area contributed by atoms with E-state index in [1.54, 1.807) is 11.4 Å². The summed E-state index contributed by atoms with van der Waals surface area (Å²) in [7, 11) is -3.68. The van der Waals surface area contributed by atoms with Gasteiger partial charge in [0.05, 0.1) is 5.69 Å². The second-order valence-corrected chi connectivity index (χ2v) is 9.94. The Hall–Kier alpha value is -2.19. The Kier molecular flexibility index (Phi) is 4.55. The standard InChI is InChI=1S/C19H21N3O3S2/c1-11-7-12(2)17(13(3)8-11)22-27(23,24)16-9-15(10-26-16)18-20-19(25-21-18)14-5-4-6-14/h7-10,14,22H,4-6H2,1-3H3. The highest BCUT2D eigenvalue weighted by atomic mass is 32.2. The highest BCUT2D eigenvalue weighted by molar-refractivity contribution is 7.94. The summed E-state index contributed by atoms with van der Waals surface area (Å²) in [4.78, 5) is 4.43. The molecule has 1 N–H and O–H groups in total. The maximum absolute atomic E-state index is 12.8. The lowest BCUT2D eigenvalue weighted by molar-refractivity contribution is 0.292. The molecule has 0 unspecified atom stereocenters. The molecule has 1 aliphatic rings. The Morgan fingerprint density at radius 1 is 1.15 bits per heavy atom. The number of nitrogens with zero attached hydrogens (tertiary/aromatic N) is 2. The fraction of sp³-hybridized carbons (Fsp3) is 0.368. The average Bonchev–Trinajstić information content (AvgIpc) is 3.18. The number of nitrogens with one attached hydrogen (secondary N) is 1. The van der Waals surface area contributed by atoms with Gasteiger partial charge in [-0.2, -0.15) is 4.98 Å². The Bertz CT molecular complexity index is 1070. The van der Waals surface area contributed by atoms with Crippen LogP contribution < -0.4 is 4.72 Å². The van der Waals surface area contributed by atoms with Gasteiger partial charge in [-0.3, -0.25) is 4.72 Å². The van der Waals surface area contributed by atoms with Crippen molar-refractivity contribution in [2.24, 2.45) is 0 Å². The van der Waals surface area contributed by atoms with Crippen LogP contribution in [0.5, 0.6) is 0 Å². The van der Waals surface area contributed by atoms with Crippen LogP contribution in [0.1, 0.15) is 47.8 Å². The van der Waals surface area contributed by atoms with E-state index >= 15 is 0 Å². The Labute approximate surface area is 162 Å². The number of hydrogen-bond donors (Lipinski definition) is 1. The van der Waals surface area contributed by atoms with Crippen molar-refractivity contribution in [2.75, 3.05) is 4.72 Å². The molecule has 0 amide bonds. The minimum Gasteiger partial charge on any atom is -0.339 e. The second-order valence-electron chi connectivity index (χ2n) is 7.12. The summed E-state index contributed by atoms with van der Waals surface area (Å²) >= 11 is 1.15. The first-order valence-corrected chi connectivity index (χ1v) is 11.2. The molecule has 2 heterocycles. The molecule has 1 fully saturated rings. The van der Waals surface area contributed by atoms with Crippen LogP contribution >= 0.6 is 11.3 Å². The lowest BCUT2D eigenvalue weighted by Gasteiger charge is -2.20. The molecule has 4 rings (SSSR count). The molecular weight excluding hydrogens is 382 g/mol. The van der Waals surface area contributed by atoms with Gasteiger partial charge in [0.2, 0.25) is 11.7 Å². The molecule has 6 nitrogen and oxygen atoms in total. The summed E-state index contributed by atoms with van der Waals surface area (Å²) in [6, 6.07) is 5.53. The summed E-state index contributed by atoms with van der Waals surface area (Å²) in [5, 5.41) is 5.76. The summed E-state index contributed by atoms with van der Waals surface area (Å²) in [5.74, 6) is 1.44. The van der Waals surface area contributed by atoms with Crippen molar-refractivity contribution in [1.82, 2.24) is 10.1 Å². The number of anilines is 1. The summed E-state index contributed by atoms with van der Waals surface area (Å²) in [6.45, 7) is 5.80. The normalized spacial score (nSPS) is 14.9. The number of thiophene rings is 1. The maximum Gasteiger partial charge on any atom is 0.271 e. The predicted molar refractivity (Wildman–Crippen MR) is 106 cm³/mol. The lowest BCUT2D eigenvalue weighted by Crippen LogP contribution is -2.13. The minimum atomic E-state index is -3.68. The van der Waals surface area contributed by atoms with Gasteiger partial charge in [0.15, 0.2) is 0 Å². The van der Waals surface area contributed by atoms with Crippen molar-refractivity contribution in [3.05, 3.63) is 46.2 Å². The van der Waals surface area contributed by atoms with Gasteiger partial charge in [0, 0.05) is 16.9 Å². The number of rotatable bonds is 5. The summed E-state index contributed by atoms with van der Waals surface area (Å²) < 4.78 is 34.0. The van der Waals surface area contributed by atoms with E-state index in [-0.39, 0.29) is 4.21 Å². The van der Waals surface area contributed by atoms with Crippen molar-refractivity contribution in [1.29, 1.82) is 0 Å². The van der Waals surface area contributed by atoms with Gasteiger partial charge in [-0.1, -0.05) is 29.3 Å². The fourth-order valence-electron chi connectivity index (χ4n) is 3.27. The van der Waals surface area contributed by atoms with Gasteiger partial charge < -0.3 is 4.52 Å². The largest absolute Gasteiger partial charge is 0.339 e. The topological polar surface area (TPSA) is 85.1 Å². The van der Waals surface area contributed by atoms with Crippen LogP contribution in [0.4, 0.5) is 5.69 Å². The SMILES string of the molecule is Cc1cc(C)c(NS(=O)(=O)c2cc(-c3noc(C4CCC4)n3)cs2)c(C)c1. The minimum absolute atomic E-state index is 0.229. The quantitative estimate of drug-likeness (QED) is 0.662. The molecule has 0 atom stereocenters. The summed E-state index contributed by atoms with van der Waals surface area (Å²) in [5.41, 5.74) is 4.19. The smallest absolute Gasteiger partial charge is 0.271 e. The molecule has 1 aromatic carbocycles.